The molecule has 0 unspecified atom stereocenters. The lowest BCUT2D eigenvalue weighted by Gasteiger charge is -2.41. The van der Waals surface area contributed by atoms with E-state index in [1.54, 1.807) is 0 Å². The van der Waals surface area contributed by atoms with Crippen LogP contribution in [-0.4, -0.2) is 37.0 Å². The van der Waals surface area contributed by atoms with Crippen LogP contribution in [0, 0.1) is 11.3 Å². The highest BCUT2D eigenvalue weighted by Crippen LogP contribution is 2.57. The highest BCUT2D eigenvalue weighted by atomic mass is 16.7. The van der Waals surface area contributed by atoms with E-state index in [2.05, 4.69) is 13.5 Å². The first-order valence-corrected chi connectivity index (χ1v) is 8.40. The summed E-state index contributed by atoms with van der Waals surface area (Å²) in [4.78, 5) is 13.0. The van der Waals surface area contributed by atoms with Gasteiger partial charge in [-0.3, -0.25) is 4.79 Å². The molecular weight excluding hydrogens is 280 g/mol. The Morgan fingerprint density at radius 2 is 1.95 bits per heavy atom. The molecule has 0 N–H and O–H groups in total. The summed E-state index contributed by atoms with van der Waals surface area (Å²) in [6.45, 7) is 15.3. The lowest BCUT2D eigenvalue weighted by Crippen LogP contribution is -2.49. The van der Waals surface area contributed by atoms with Gasteiger partial charge in [0, 0.05) is 18.6 Å². The number of hydrogen-bond acceptors (Lipinski definition) is 4. The summed E-state index contributed by atoms with van der Waals surface area (Å²) in [6.07, 6.45) is 2.18. The van der Waals surface area contributed by atoms with Crippen LogP contribution in [-0.2, 0) is 19.0 Å². The van der Waals surface area contributed by atoms with E-state index in [1.165, 1.54) is 0 Å². The molecule has 0 aromatic carbocycles. The molecule has 1 saturated heterocycles. The van der Waals surface area contributed by atoms with Gasteiger partial charge in [-0.25, -0.2) is 0 Å². The Labute approximate surface area is 134 Å². The van der Waals surface area contributed by atoms with Gasteiger partial charge in [-0.05, 0) is 52.9 Å². The van der Waals surface area contributed by atoms with Crippen LogP contribution in [0.4, 0.5) is 0 Å². The Morgan fingerprint density at radius 3 is 2.45 bits per heavy atom. The number of carbonyl (C=O) groups is 1. The number of hydrogen-bond donors (Lipinski definition) is 0. The summed E-state index contributed by atoms with van der Waals surface area (Å²) in [6, 6.07) is 0. The second-order valence-corrected chi connectivity index (χ2v) is 6.97. The van der Waals surface area contributed by atoms with Gasteiger partial charge >= 0.3 is 0 Å². The first-order valence-electron chi connectivity index (χ1n) is 8.40. The summed E-state index contributed by atoms with van der Waals surface area (Å²) < 4.78 is 17.0. The molecule has 0 bridgehead atoms. The Morgan fingerprint density at radius 1 is 1.36 bits per heavy atom. The summed E-state index contributed by atoms with van der Waals surface area (Å²) in [5.74, 6) is 0.389. The lowest BCUT2D eigenvalue weighted by molar-refractivity contribution is -0.151. The van der Waals surface area contributed by atoms with Crippen molar-refractivity contribution in [1.29, 1.82) is 0 Å². The molecule has 1 aliphatic carbocycles. The maximum absolute atomic E-state index is 13.0. The van der Waals surface area contributed by atoms with Crippen molar-refractivity contribution in [2.75, 3.05) is 13.2 Å². The zero-order valence-corrected chi connectivity index (χ0v) is 14.6. The first-order chi connectivity index (χ1) is 10.3. The van der Waals surface area contributed by atoms with Gasteiger partial charge in [-0.15, -0.1) is 0 Å². The molecular formula is C18H30O4. The monoisotopic (exact) mass is 310 g/mol. The molecule has 4 nitrogen and oxygen atoms in total. The molecule has 0 aromatic rings. The summed E-state index contributed by atoms with van der Waals surface area (Å²) in [5, 5.41) is 0. The van der Waals surface area contributed by atoms with Gasteiger partial charge in [0.25, 0.3) is 0 Å². The van der Waals surface area contributed by atoms with Crippen molar-refractivity contribution in [1.82, 2.24) is 0 Å². The fraction of sp³-hybridized carbons (Fsp3) is 0.833. The Hall–Kier alpha value is -0.710. The van der Waals surface area contributed by atoms with Gasteiger partial charge in [0.2, 0.25) is 0 Å². The number of allylic oxidation sites excluding steroid dienone is 1. The standard InChI is InChI=1S/C18H30O4/c1-7-20-15(21-8-2)9-10-17(5)13(12(3)4)11-14-18(6,22-14)16(17)19/h13-15H,3,7-11H2,1-2,4-6H3/t13-,14+,17-,18+/m1/s1. The number of rotatable bonds is 8. The molecule has 0 radical (unpaired) electrons. The number of carbonyl (C=O) groups excluding carboxylic acids is 1. The van der Waals surface area contributed by atoms with Crippen LogP contribution in [0.15, 0.2) is 12.2 Å². The molecule has 2 aliphatic rings. The van der Waals surface area contributed by atoms with Gasteiger partial charge in [-0.2, -0.15) is 0 Å². The minimum Gasteiger partial charge on any atom is -0.358 e. The lowest BCUT2D eigenvalue weighted by atomic mass is 9.59. The van der Waals surface area contributed by atoms with Gasteiger partial charge in [-0.1, -0.05) is 19.1 Å². The highest BCUT2D eigenvalue weighted by Gasteiger charge is 2.68. The molecule has 0 amide bonds. The Balaban J connectivity index is 2.12. The minimum absolute atomic E-state index is 0.0735. The zero-order chi connectivity index (χ0) is 16.5. The van der Waals surface area contributed by atoms with Crippen molar-refractivity contribution in [3.63, 3.8) is 0 Å². The average molecular weight is 310 g/mol. The van der Waals surface area contributed by atoms with E-state index in [9.17, 15) is 4.79 Å². The number of ketones is 1. The molecule has 0 aromatic heterocycles. The molecule has 2 fully saturated rings. The van der Waals surface area contributed by atoms with E-state index in [4.69, 9.17) is 14.2 Å². The molecule has 2 rings (SSSR count). The SMILES string of the molecule is C=C(C)[C@H]1C[C@@H]2O[C@]2(C)C(=O)[C@]1(C)CCC(OCC)OCC. The van der Waals surface area contributed by atoms with Crippen molar-refractivity contribution in [3.05, 3.63) is 12.2 Å². The third-order valence-corrected chi connectivity index (χ3v) is 5.33. The van der Waals surface area contributed by atoms with Crippen LogP contribution in [0.25, 0.3) is 0 Å². The number of Topliss-reactive ketones (excluding diaryl/α,β-unsaturated/α-hetero) is 1. The van der Waals surface area contributed by atoms with Crippen LogP contribution in [0.1, 0.15) is 53.9 Å². The van der Waals surface area contributed by atoms with Gasteiger partial charge in [0.15, 0.2) is 17.7 Å². The number of epoxide rings is 1. The second-order valence-electron chi connectivity index (χ2n) is 6.97. The Kier molecular flexibility index (Phi) is 5.15. The maximum atomic E-state index is 13.0. The van der Waals surface area contributed by atoms with Crippen LogP contribution < -0.4 is 0 Å². The van der Waals surface area contributed by atoms with Crippen molar-refractivity contribution >= 4 is 5.78 Å². The molecule has 4 atom stereocenters. The number of fused-ring (bicyclic) bond motifs is 1. The third-order valence-electron chi connectivity index (χ3n) is 5.33. The largest absolute Gasteiger partial charge is 0.358 e. The normalized spacial score (nSPS) is 37.3. The molecule has 0 spiro atoms. The van der Waals surface area contributed by atoms with E-state index in [0.29, 0.717) is 19.6 Å². The second kappa shape index (κ2) is 6.42. The van der Waals surface area contributed by atoms with Crippen molar-refractivity contribution < 1.29 is 19.0 Å². The predicted octanol–water partition coefficient (Wildman–Crippen LogP) is 3.49. The van der Waals surface area contributed by atoms with Crippen LogP contribution in [0.3, 0.4) is 0 Å². The topological polar surface area (TPSA) is 48.1 Å². The summed E-state index contributed by atoms with van der Waals surface area (Å²) in [5.41, 5.74) is 0.0470. The Bertz CT molecular complexity index is 440. The molecule has 1 saturated carbocycles. The highest BCUT2D eigenvalue weighted by molar-refractivity contribution is 5.96. The molecule has 1 aliphatic heterocycles. The van der Waals surface area contributed by atoms with Crippen molar-refractivity contribution in [2.24, 2.45) is 11.3 Å². The van der Waals surface area contributed by atoms with Gasteiger partial charge in [0.05, 0.1) is 6.10 Å². The van der Waals surface area contributed by atoms with Gasteiger partial charge in [0.1, 0.15) is 0 Å². The van der Waals surface area contributed by atoms with Crippen molar-refractivity contribution in [3.8, 4) is 0 Å². The smallest absolute Gasteiger partial charge is 0.173 e. The molecule has 22 heavy (non-hydrogen) atoms. The van der Waals surface area contributed by atoms with E-state index in [0.717, 1.165) is 18.4 Å². The summed E-state index contributed by atoms with van der Waals surface area (Å²) in [7, 11) is 0. The van der Waals surface area contributed by atoms with E-state index < -0.39 is 11.0 Å². The van der Waals surface area contributed by atoms with Crippen LogP contribution >= 0.6 is 0 Å². The van der Waals surface area contributed by atoms with Gasteiger partial charge < -0.3 is 14.2 Å². The first kappa shape index (κ1) is 17.6. The average Bonchev–Trinajstić information content (AvgIpc) is 3.13. The van der Waals surface area contributed by atoms with E-state index >= 15 is 0 Å². The molecule has 4 heteroatoms. The third kappa shape index (κ3) is 3.01. The zero-order valence-electron chi connectivity index (χ0n) is 14.6. The fourth-order valence-corrected chi connectivity index (χ4v) is 3.97. The molecule has 126 valence electrons. The van der Waals surface area contributed by atoms with E-state index in [1.807, 2.05) is 27.7 Å². The van der Waals surface area contributed by atoms with Crippen molar-refractivity contribution in [2.45, 2.75) is 71.9 Å². The maximum Gasteiger partial charge on any atom is 0.173 e. The van der Waals surface area contributed by atoms with Crippen LogP contribution in [0.5, 0.6) is 0 Å². The summed E-state index contributed by atoms with van der Waals surface area (Å²) >= 11 is 0. The molecule has 1 heterocycles. The fourth-order valence-electron chi connectivity index (χ4n) is 3.97. The quantitative estimate of drug-likeness (QED) is 0.391. The predicted molar refractivity (Wildman–Crippen MR) is 85.6 cm³/mol. The van der Waals surface area contributed by atoms with Crippen LogP contribution in [0.2, 0.25) is 0 Å². The number of ether oxygens (including phenoxy) is 3. The minimum atomic E-state index is -0.576. The van der Waals surface area contributed by atoms with E-state index in [-0.39, 0.29) is 24.1 Å².